The number of aromatic nitrogens is 1. The van der Waals surface area contributed by atoms with Crippen LogP contribution < -0.4 is 5.32 Å². The van der Waals surface area contributed by atoms with Gasteiger partial charge < -0.3 is 19.9 Å². The number of likely N-dealkylation sites (tertiary alicyclic amines) is 1. The maximum absolute atomic E-state index is 6.17. The number of rotatable bonds is 6. The van der Waals surface area contributed by atoms with Crippen molar-refractivity contribution in [2.24, 2.45) is 10.9 Å². The van der Waals surface area contributed by atoms with Gasteiger partial charge in [0.25, 0.3) is 0 Å². The molecule has 4 rings (SSSR count). The van der Waals surface area contributed by atoms with Crippen LogP contribution in [0.2, 0.25) is 5.02 Å². The van der Waals surface area contributed by atoms with Crippen molar-refractivity contribution in [3.8, 4) is 0 Å². The summed E-state index contributed by atoms with van der Waals surface area (Å²) < 4.78 is 5.47. The number of benzene rings is 1. The summed E-state index contributed by atoms with van der Waals surface area (Å²) in [4.78, 5) is 13.2. The van der Waals surface area contributed by atoms with Gasteiger partial charge in [0.05, 0.1) is 13.2 Å². The van der Waals surface area contributed by atoms with Crippen molar-refractivity contribution in [1.82, 2.24) is 20.1 Å². The number of hydrogen-bond donors (Lipinski definition) is 2. The number of nitrogens with zero attached hydrogens (tertiary/aromatic N) is 3. The van der Waals surface area contributed by atoms with Gasteiger partial charge in [-0.05, 0) is 49.4 Å². The molecular weight excluding hydrogens is 513 g/mol. The smallest absolute Gasteiger partial charge is 0.193 e. The molecule has 0 amide bonds. The van der Waals surface area contributed by atoms with Crippen molar-refractivity contribution in [3.05, 3.63) is 35.0 Å². The lowest BCUT2D eigenvalue weighted by Gasteiger charge is -2.29. The molecule has 2 saturated heterocycles. The third-order valence-electron chi connectivity index (χ3n) is 5.91. The second kappa shape index (κ2) is 11.5. The Morgan fingerprint density at radius 2 is 2.13 bits per heavy atom. The van der Waals surface area contributed by atoms with E-state index in [2.05, 4.69) is 33.2 Å². The predicted molar refractivity (Wildman–Crippen MR) is 135 cm³/mol. The number of H-pyrrole nitrogens is 1. The summed E-state index contributed by atoms with van der Waals surface area (Å²) in [5.74, 6) is 1.77. The summed E-state index contributed by atoms with van der Waals surface area (Å²) in [6, 6.07) is 5.99. The zero-order valence-electron chi connectivity index (χ0n) is 17.7. The van der Waals surface area contributed by atoms with Crippen LogP contribution in [0.1, 0.15) is 18.9 Å². The van der Waals surface area contributed by atoms with Crippen LogP contribution in [0.4, 0.5) is 0 Å². The first-order chi connectivity index (χ1) is 14.2. The van der Waals surface area contributed by atoms with Gasteiger partial charge in [0, 0.05) is 67.9 Å². The van der Waals surface area contributed by atoms with Crippen LogP contribution in [0.15, 0.2) is 29.4 Å². The molecule has 2 aliphatic heterocycles. The maximum Gasteiger partial charge on any atom is 0.193 e. The highest BCUT2D eigenvalue weighted by atomic mass is 127. The number of morpholine rings is 1. The van der Waals surface area contributed by atoms with Crippen molar-refractivity contribution in [2.45, 2.75) is 19.8 Å². The number of ether oxygens (including phenoxy) is 1. The SMILES string of the molecule is CCNC(=NCCc1c[nH]c2ccc(Cl)cc12)N1CCC(CN2CCOCC2)C1.I. The minimum Gasteiger partial charge on any atom is -0.379 e. The van der Waals surface area contributed by atoms with E-state index in [1.54, 1.807) is 0 Å². The van der Waals surface area contributed by atoms with E-state index in [-0.39, 0.29) is 24.0 Å². The number of aromatic amines is 1. The van der Waals surface area contributed by atoms with E-state index in [1.165, 1.54) is 23.9 Å². The van der Waals surface area contributed by atoms with Crippen LogP contribution in [-0.4, -0.2) is 79.8 Å². The molecule has 3 heterocycles. The maximum atomic E-state index is 6.17. The third kappa shape index (κ3) is 6.02. The topological polar surface area (TPSA) is 55.9 Å². The number of halogens is 2. The van der Waals surface area contributed by atoms with Gasteiger partial charge in [-0.2, -0.15) is 0 Å². The molecule has 2 aromatic rings. The van der Waals surface area contributed by atoms with E-state index in [9.17, 15) is 0 Å². The second-order valence-electron chi connectivity index (χ2n) is 8.00. The summed E-state index contributed by atoms with van der Waals surface area (Å²) in [6.45, 7) is 11.0. The summed E-state index contributed by atoms with van der Waals surface area (Å²) >= 11 is 6.17. The molecule has 2 N–H and O–H groups in total. The lowest BCUT2D eigenvalue weighted by Crippen LogP contribution is -2.42. The van der Waals surface area contributed by atoms with Gasteiger partial charge in [-0.25, -0.2) is 0 Å². The lowest BCUT2D eigenvalue weighted by molar-refractivity contribution is 0.0315. The minimum atomic E-state index is 0. The van der Waals surface area contributed by atoms with Crippen LogP contribution in [0.25, 0.3) is 10.9 Å². The van der Waals surface area contributed by atoms with Gasteiger partial charge in [-0.15, -0.1) is 24.0 Å². The highest BCUT2D eigenvalue weighted by molar-refractivity contribution is 14.0. The van der Waals surface area contributed by atoms with E-state index in [0.29, 0.717) is 5.92 Å². The number of guanidine groups is 1. The average Bonchev–Trinajstić information content (AvgIpc) is 3.35. The molecule has 166 valence electrons. The molecule has 0 saturated carbocycles. The highest BCUT2D eigenvalue weighted by Crippen LogP contribution is 2.23. The summed E-state index contributed by atoms with van der Waals surface area (Å²) in [5.41, 5.74) is 2.40. The van der Waals surface area contributed by atoms with Gasteiger partial charge in [-0.1, -0.05) is 11.6 Å². The van der Waals surface area contributed by atoms with Crippen molar-refractivity contribution in [3.63, 3.8) is 0 Å². The van der Waals surface area contributed by atoms with Gasteiger partial charge in [-0.3, -0.25) is 9.89 Å². The Hall–Kier alpha value is -1.03. The van der Waals surface area contributed by atoms with Gasteiger partial charge in [0.1, 0.15) is 0 Å². The normalized spacial score (nSPS) is 20.5. The first kappa shape index (κ1) is 23.6. The summed E-state index contributed by atoms with van der Waals surface area (Å²) in [5, 5.41) is 5.46. The van der Waals surface area contributed by atoms with Crippen molar-refractivity contribution < 1.29 is 4.74 Å². The molecule has 1 unspecified atom stereocenters. The van der Waals surface area contributed by atoms with E-state index >= 15 is 0 Å². The third-order valence-corrected chi connectivity index (χ3v) is 6.15. The number of nitrogens with one attached hydrogen (secondary N) is 2. The van der Waals surface area contributed by atoms with E-state index in [1.807, 2.05) is 18.2 Å². The fourth-order valence-electron chi connectivity index (χ4n) is 4.39. The van der Waals surface area contributed by atoms with Crippen LogP contribution in [0.5, 0.6) is 0 Å². The summed E-state index contributed by atoms with van der Waals surface area (Å²) in [6.07, 6.45) is 4.22. The molecule has 8 heteroatoms. The van der Waals surface area contributed by atoms with Crippen LogP contribution >= 0.6 is 35.6 Å². The number of aliphatic imine (C=N–C) groups is 1. The molecule has 1 aromatic carbocycles. The molecule has 30 heavy (non-hydrogen) atoms. The molecule has 1 aromatic heterocycles. The Balaban J connectivity index is 0.00000256. The van der Waals surface area contributed by atoms with Crippen LogP contribution in [-0.2, 0) is 11.2 Å². The fraction of sp³-hybridized carbons (Fsp3) is 0.591. The lowest BCUT2D eigenvalue weighted by atomic mass is 10.1. The Morgan fingerprint density at radius 3 is 2.93 bits per heavy atom. The Labute approximate surface area is 201 Å². The number of fused-ring (bicyclic) bond motifs is 1. The minimum absolute atomic E-state index is 0. The zero-order valence-corrected chi connectivity index (χ0v) is 20.8. The second-order valence-corrected chi connectivity index (χ2v) is 8.44. The molecule has 0 aliphatic carbocycles. The zero-order chi connectivity index (χ0) is 20.1. The molecule has 2 fully saturated rings. The monoisotopic (exact) mass is 545 g/mol. The molecular formula is C22H33ClIN5O. The number of hydrogen-bond acceptors (Lipinski definition) is 3. The molecule has 0 spiro atoms. The quantitative estimate of drug-likeness (QED) is 0.331. The van der Waals surface area contributed by atoms with Gasteiger partial charge in [0.15, 0.2) is 5.96 Å². The molecule has 0 bridgehead atoms. The fourth-order valence-corrected chi connectivity index (χ4v) is 4.56. The Kier molecular flexibility index (Phi) is 9.10. The first-order valence-corrected chi connectivity index (χ1v) is 11.2. The van der Waals surface area contributed by atoms with Crippen LogP contribution in [0.3, 0.4) is 0 Å². The van der Waals surface area contributed by atoms with E-state index in [4.69, 9.17) is 21.3 Å². The Bertz CT molecular complexity index is 836. The van der Waals surface area contributed by atoms with Gasteiger partial charge in [0.2, 0.25) is 0 Å². The Morgan fingerprint density at radius 1 is 1.30 bits per heavy atom. The average molecular weight is 546 g/mol. The first-order valence-electron chi connectivity index (χ1n) is 10.8. The van der Waals surface area contributed by atoms with Crippen molar-refractivity contribution in [1.29, 1.82) is 0 Å². The molecule has 0 radical (unpaired) electrons. The van der Waals surface area contributed by atoms with E-state index in [0.717, 1.165) is 75.4 Å². The predicted octanol–water partition coefficient (Wildman–Crippen LogP) is 3.60. The van der Waals surface area contributed by atoms with Crippen molar-refractivity contribution >= 4 is 52.4 Å². The van der Waals surface area contributed by atoms with Gasteiger partial charge >= 0.3 is 0 Å². The molecule has 6 nitrogen and oxygen atoms in total. The molecule has 1 atom stereocenters. The standard InChI is InChI=1S/C22H32ClN5O.HI/c1-2-24-22(28-8-6-17(16-28)15-27-9-11-29-12-10-27)25-7-5-18-14-26-21-4-3-19(23)13-20(18)21;/h3-4,13-14,17,26H,2,5-12,15-16H2,1H3,(H,24,25);1H. The molecule has 2 aliphatic rings. The largest absolute Gasteiger partial charge is 0.379 e. The van der Waals surface area contributed by atoms with Crippen molar-refractivity contribution in [2.75, 3.05) is 59.0 Å². The highest BCUT2D eigenvalue weighted by Gasteiger charge is 2.27. The van der Waals surface area contributed by atoms with E-state index < -0.39 is 0 Å². The summed E-state index contributed by atoms with van der Waals surface area (Å²) in [7, 11) is 0. The van der Waals surface area contributed by atoms with Crippen LogP contribution in [0, 0.1) is 5.92 Å².